The van der Waals surface area contributed by atoms with E-state index < -0.39 is 0 Å². The van der Waals surface area contributed by atoms with Gasteiger partial charge in [0, 0.05) is 5.69 Å². The van der Waals surface area contributed by atoms with E-state index in [2.05, 4.69) is 29.4 Å². The molecular formula is C12H14N4OS. The minimum atomic E-state index is -0.287. The second-order valence-corrected chi connectivity index (χ2v) is 5.19. The average molecular weight is 262 g/mol. The monoisotopic (exact) mass is 262 g/mol. The van der Waals surface area contributed by atoms with Crippen LogP contribution in [0, 0.1) is 0 Å². The third-order valence-electron chi connectivity index (χ3n) is 2.45. The van der Waals surface area contributed by atoms with Crippen molar-refractivity contribution in [2.24, 2.45) is 0 Å². The van der Waals surface area contributed by atoms with Crippen LogP contribution in [0.25, 0.3) is 0 Å². The molecule has 2 aromatic rings. The van der Waals surface area contributed by atoms with Gasteiger partial charge in [-0.25, -0.2) is 0 Å². The Morgan fingerprint density at radius 1 is 1.39 bits per heavy atom. The van der Waals surface area contributed by atoms with E-state index >= 15 is 0 Å². The van der Waals surface area contributed by atoms with Crippen LogP contribution >= 0.6 is 11.3 Å². The normalized spacial score (nSPS) is 10.6. The average Bonchev–Trinajstić information content (AvgIpc) is 2.76. The molecule has 0 bridgehead atoms. The van der Waals surface area contributed by atoms with Crippen molar-refractivity contribution in [2.45, 2.75) is 19.8 Å². The van der Waals surface area contributed by atoms with E-state index in [4.69, 9.17) is 5.73 Å². The number of amides is 1. The molecule has 0 radical (unpaired) electrons. The number of nitrogen functional groups attached to an aromatic ring is 1. The fourth-order valence-corrected chi connectivity index (χ4v) is 1.99. The summed E-state index contributed by atoms with van der Waals surface area (Å²) in [5.74, 6) is 0.129. The van der Waals surface area contributed by atoms with Gasteiger partial charge in [0.25, 0.3) is 5.91 Å². The van der Waals surface area contributed by atoms with Crippen LogP contribution in [0.15, 0.2) is 24.3 Å². The third-order valence-corrected chi connectivity index (χ3v) is 3.20. The molecule has 5 nitrogen and oxygen atoms in total. The summed E-state index contributed by atoms with van der Waals surface area (Å²) in [4.78, 5) is 11.8. The van der Waals surface area contributed by atoms with Crippen molar-refractivity contribution in [1.82, 2.24) is 10.2 Å². The molecule has 0 saturated heterocycles. The number of benzene rings is 1. The number of carbonyl (C=O) groups is 1. The van der Waals surface area contributed by atoms with Crippen LogP contribution in [0.5, 0.6) is 0 Å². The van der Waals surface area contributed by atoms with E-state index in [0.29, 0.717) is 5.92 Å². The van der Waals surface area contributed by atoms with E-state index in [-0.39, 0.29) is 16.0 Å². The van der Waals surface area contributed by atoms with Crippen molar-refractivity contribution in [3.63, 3.8) is 0 Å². The maximum Gasteiger partial charge on any atom is 0.286 e. The van der Waals surface area contributed by atoms with Crippen LogP contribution in [0.2, 0.25) is 0 Å². The highest BCUT2D eigenvalue weighted by atomic mass is 32.1. The molecule has 2 rings (SSSR count). The number of rotatable bonds is 3. The first-order chi connectivity index (χ1) is 8.56. The molecule has 18 heavy (non-hydrogen) atoms. The molecule has 6 heteroatoms. The molecule has 1 aromatic carbocycles. The maximum absolute atomic E-state index is 11.8. The highest BCUT2D eigenvalue weighted by Crippen LogP contribution is 2.19. The van der Waals surface area contributed by atoms with Gasteiger partial charge in [-0.3, -0.25) is 4.79 Å². The Labute approximate surface area is 109 Å². The van der Waals surface area contributed by atoms with E-state index in [1.54, 1.807) is 0 Å². The quantitative estimate of drug-likeness (QED) is 0.890. The van der Waals surface area contributed by atoms with Gasteiger partial charge in [-0.1, -0.05) is 37.3 Å². The Hall–Kier alpha value is -1.95. The first-order valence-corrected chi connectivity index (χ1v) is 6.38. The molecule has 1 amide bonds. The van der Waals surface area contributed by atoms with E-state index in [0.717, 1.165) is 17.0 Å². The van der Waals surface area contributed by atoms with Gasteiger partial charge in [0.1, 0.15) is 0 Å². The number of anilines is 2. The van der Waals surface area contributed by atoms with Gasteiger partial charge in [0.2, 0.25) is 10.1 Å². The molecule has 0 spiro atoms. The fraction of sp³-hybridized carbons (Fsp3) is 0.250. The lowest BCUT2D eigenvalue weighted by Crippen LogP contribution is -2.11. The highest BCUT2D eigenvalue weighted by molar-refractivity contribution is 7.16. The van der Waals surface area contributed by atoms with Gasteiger partial charge < -0.3 is 11.1 Å². The van der Waals surface area contributed by atoms with Gasteiger partial charge in [-0.15, -0.1) is 10.2 Å². The Bertz CT molecular complexity index is 565. The molecule has 0 aliphatic heterocycles. The summed E-state index contributed by atoms with van der Waals surface area (Å²) in [7, 11) is 0. The van der Waals surface area contributed by atoms with Crippen LogP contribution in [0.1, 0.15) is 35.1 Å². The van der Waals surface area contributed by atoms with E-state index in [1.165, 1.54) is 5.56 Å². The molecular weight excluding hydrogens is 248 g/mol. The molecule has 0 fully saturated rings. The molecule has 0 aliphatic carbocycles. The lowest BCUT2D eigenvalue weighted by molar-refractivity contribution is 0.102. The van der Waals surface area contributed by atoms with Crippen molar-refractivity contribution >= 4 is 28.1 Å². The van der Waals surface area contributed by atoms with Gasteiger partial charge in [-0.2, -0.15) is 0 Å². The molecule has 3 N–H and O–H groups in total. The zero-order chi connectivity index (χ0) is 13.1. The Morgan fingerprint density at radius 2 is 2.17 bits per heavy atom. The minimum absolute atomic E-state index is 0.266. The summed E-state index contributed by atoms with van der Waals surface area (Å²) >= 11 is 1.07. The number of nitrogens with one attached hydrogen (secondary N) is 1. The molecule has 1 aromatic heterocycles. The summed E-state index contributed by atoms with van der Waals surface area (Å²) in [6, 6.07) is 7.74. The predicted octanol–water partition coefficient (Wildman–Crippen LogP) is 2.50. The first kappa shape index (κ1) is 12.5. The number of hydrogen-bond donors (Lipinski definition) is 2. The second-order valence-electron chi connectivity index (χ2n) is 4.18. The Kier molecular flexibility index (Phi) is 3.57. The molecule has 0 unspecified atom stereocenters. The fourth-order valence-electron chi connectivity index (χ4n) is 1.49. The standard InChI is InChI=1S/C12H14N4OS/c1-7(2)8-4-3-5-9(6-8)14-10(17)11-15-16-12(13)18-11/h3-7H,1-2H3,(H2,13,16)(H,14,17). The topological polar surface area (TPSA) is 80.9 Å². The van der Waals surface area contributed by atoms with Crippen molar-refractivity contribution in [3.8, 4) is 0 Å². The van der Waals surface area contributed by atoms with Gasteiger partial charge in [0.15, 0.2) is 0 Å². The highest BCUT2D eigenvalue weighted by Gasteiger charge is 2.12. The lowest BCUT2D eigenvalue weighted by Gasteiger charge is -2.08. The minimum Gasteiger partial charge on any atom is -0.374 e. The van der Waals surface area contributed by atoms with Crippen LogP contribution in [-0.2, 0) is 0 Å². The summed E-state index contributed by atoms with van der Waals surface area (Å²) < 4.78 is 0. The molecule has 0 saturated carbocycles. The van der Waals surface area contributed by atoms with Crippen molar-refractivity contribution < 1.29 is 4.79 Å². The first-order valence-electron chi connectivity index (χ1n) is 5.56. The van der Waals surface area contributed by atoms with Crippen molar-refractivity contribution in [2.75, 3.05) is 11.1 Å². The summed E-state index contributed by atoms with van der Waals surface area (Å²) in [5.41, 5.74) is 7.36. The zero-order valence-corrected chi connectivity index (χ0v) is 11.0. The van der Waals surface area contributed by atoms with E-state index in [1.807, 2.05) is 24.3 Å². The number of aromatic nitrogens is 2. The Morgan fingerprint density at radius 3 is 2.78 bits per heavy atom. The summed E-state index contributed by atoms with van der Waals surface area (Å²) in [6.07, 6.45) is 0. The van der Waals surface area contributed by atoms with Crippen LogP contribution in [0.4, 0.5) is 10.8 Å². The van der Waals surface area contributed by atoms with Crippen molar-refractivity contribution in [3.05, 3.63) is 34.8 Å². The largest absolute Gasteiger partial charge is 0.374 e. The van der Waals surface area contributed by atoms with Crippen LogP contribution in [-0.4, -0.2) is 16.1 Å². The van der Waals surface area contributed by atoms with Crippen molar-refractivity contribution in [1.29, 1.82) is 0 Å². The van der Waals surface area contributed by atoms with Crippen LogP contribution in [0.3, 0.4) is 0 Å². The molecule has 94 valence electrons. The van der Waals surface area contributed by atoms with E-state index in [9.17, 15) is 4.79 Å². The molecule has 1 heterocycles. The van der Waals surface area contributed by atoms with Gasteiger partial charge in [0.05, 0.1) is 0 Å². The predicted molar refractivity (Wildman–Crippen MR) is 72.8 cm³/mol. The SMILES string of the molecule is CC(C)c1cccc(NC(=O)c2nnc(N)s2)c1. The van der Waals surface area contributed by atoms with Crippen LogP contribution < -0.4 is 11.1 Å². The number of hydrogen-bond acceptors (Lipinski definition) is 5. The number of carbonyl (C=O) groups excluding carboxylic acids is 1. The summed E-state index contributed by atoms with van der Waals surface area (Å²) in [6.45, 7) is 4.21. The second kappa shape index (κ2) is 5.14. The maximum atomic E-state index is 11.8. The van der Waals surface area contributed by atoms with Gasteiger partial charge in [-0.05, 0) is 23.6 Å². The number of nitrogens with two attached hydrogens (primary N) is 1. The van der Waals surface area contributed by atoms with Gasteiger partial charge >= 0.3 is 0 Å². The molecule has 0 atom stereocenters. The Balaban J connectivity index is 2.14. The smallest absolute Gasteiger partial charge is 0.286 e. The summed E-state index contributed by atoms with van der Waals surface area (Å²) in [5, 5.41) is 10.6. The molecule has 0 aliphatic rings. The third kappa shape index (κ3) is 2.84. The number of nitrogens with zero attached hydrogens (tertiary/aromatic N) is 2. The zero-order valence-electron chi connectivity index (χ0n) is 10.2. The lowest BCUT2D eigenvalue weighted by atomic mass is 10.0.